The van der Waals surface area contributed by atoms with Gasteiger partial charge in [0.25, 0.3) is 0 Å². The van der Waals surface area contributed by atoms with Gasteiger partial charge in [-0.3, -0.25) is 0 Å². The van der Waals surface area contributed by atoms with Gasteiger partial charge in [0, 0.05) is 0 Å². The van der Waals surface area contributed by atoms with Crippen LogP contribution in [0.4, 0.5) is 0 Å². The number of carboxylic acids is 1. The molecule has 3 nitrogen and oxygen atoms in total. The van der Waals surface area contributed by atoms with Crippen LogP contribution in [-0.4, -0.2) is 23.3 Å². The van der Waals surface area contributed by atoms with Gasteiger partial charge in [-0.1, -0.05) is 64.0 Å². The van der Waals surface area contributed by atoms with Crippen LogP contribution in [0.15, 0.2) is 12.2 Å². The van der Waals surface area contributed by atoms with E-state index in [2.05, 4.69) is 19.1 Å². The van der Waals surface area contributed by atoms with Gasteiger partial charge in [0.1, 0.15) is 0 Å². The maximum Gasteiger partial charge on any atom is 0.338 e. The summed E-state index contributed by atoms with van der Waals surface area (Å²) in [7, 11) is 0. The van der Waals surface area contributed by atoms with Crippen molar-refractivity contribution in [1.29, 1.82) is 0 Å². The van der Waals surface area contributed by atoms with Crippen molar-refractivity contribution in [2.24, 2.45) is 0 Å². The fourth-order valence-electron chi connectivity index (χ4n) is 2.77. The molecule has 0 aliphatic carbocycles. The maximum absolute atomic E-state index is 10.9. The molecule has 0 amide bonds. The van der Waals surface area contributed by atoms with Crippen molar-refractivity contribution in [3.63, 3.8) is 0 Å². The quantitative estimate of drug-likeness (QED) is 0.247. The normalized spacial score (nSPS) is 20.6. The first kappa shape index (κ1) is 19.2. The van der Waals surface area contributed by atoms with Crippen LogP contribution in [0.25, 0.3) is 0 Å². The number of carboxylic acid groups (broad SMARTS) is 1. The molecule has 22 heavy (non-hydrogen) atoms. The molecule has 1 fully saturated rings. The first-order valence-electron chi connectivity index (χ1n) is 9.23. The molecule has 0 radical (unpaired) electrons. The second-order valence-corrected chi connectivity index (χ2v) is 6.57. The van der Waals surface area contributed by atoms with E-state index in [1.54, 1.807) is 0 Å². The molecule has 1 unspecified atom stereocenters. The molecule has 0 aromatic heterocycles. The highest BCUT2D eigenvalue weighted by atomic mass is 16.6. The highest BCUT2D eigenvalue weighted by Gasteiger charge is 2.51. The van der Waals surface area contributed by atoms with Crippen LogP contribution in [0.3, 0.4) is 0 Å². The summed E-state index contributed by atoms with van der Waals surface area (Å²) in [4.78, 5) is 10.9. The van der Waals surface area contributed by atoms with Crippen molar-refractivity contribution in [2.45, 2.75) is 96.0 Å². The Bertz CT molecular complexity index is 319. The van der Waals surface area contributed by atoms with E-state index in [1.165, 1.54) is 57.8 Å². The van der Waals surface area contributed by atoms with Gasteiger partial charge in [-0.25, -0.2) is 4.79 Å². The summed E-state index contributed by atoms with van der Waals surface area (Å²) in [6, 6.07) is 0. The lowest BCUT2D eigenvalue weighted by molar-refractivity contribution is -0.143. The SMILES string of the molecule is CCCCCCCCC=CCCCCCCC1(C(=O)O)CO1. The lowest BCUT2D eigenvalue weighted by atomic mass is 10.0. The molecule has 1 saturated heterocycles. The predicted octanol–water partition coefficient (Wildman–Crippen LogP) is 5.49. The Kier molecular flexibility index (Phi) is 10.2. The van der Waals surface area contributed by atoms with Crippen molar-refractivity contribution in [1.82, 2.24) is 0 Å². The molecule has 0 saturated carbocycles. The van der Waals surface area contributed by atoms with Crippen LogP contribution in [0.1, 0.15) is 90.4 Å². The molecule has 0 spiro atoms. The molecular weight excluding hydrogens is 276 g/mol. The molecule has 0 aromatic carbocycles. The Hall–Kier alpha value is -0.830. The van der Waals surface area contributed by atoms with Crippen LogP contribution in [0.5, 0.6) is 0 Å². The minimum Gasteiger partial charge on any atom is -0.479 e. The van der Waals surface area contributed by atoms with Gasteiger partial charge in [-0.05, 0) is 38.5 Å². The van der Waals surface area contributed by atoms with E-state index in [9.17, 15) is 4.79 Å². The molecule has 128 valence electrons. The van der Waals surface area contributed by atoms with Gasteiger partial charge in [-0.2, -0.15) is 0 Å². The number of carbonyl (C=O) groups is 1. The average molecular weight is 310 g/mol. The third-order valence-electron chi connectivity index (χ3n) is 4.47. The Balaban J connectivity index is 1.79. The topological polar surface area (TPSA) is 49.8 Å². The van der Waals surface area contributed by atoms with Crippen molar-refractivity contribution < 1.29 is 14.6 Å². The van der Waals surface area contributed by atoms with Gasteiger partial charge in [-0.15, -0.1) is 0 Å². The Morgan fingerprint density at radius 2 is 1.45 bits per heavy atom. The van der Waals surface area contributed by atoms with Gasteiger partial charge in [0.2, 0.25) is 0 Å². The Morgan fingerprint density at radius 3 is 1.95 bits per heavy atom. The number of epoxide rings is 1. The molecule has 1 atom stereocenters. The van der Waals surface area contributed by atoms with Gasteiger partial charge >= 0.3 is 5.97 Å². The van der Waals surface area contributed by atoms with E-state index in [1.807, 2.05) is 0 Å². The lowest BCUT2D eigenvalue weighted by Crippen LogP contribution is -2.23. The summed E-state index contributed by atoms with van der Waals surface area (Å²) in [5.74, 6) is -0.787. The molecule has 0 bridgehead atoms. The van der Waals surface area contributed by atoms with E-state index in [4.69, 9.17) is 9.84 Å². The van der Waals surface area contributed by atoms with Gasteiger partial charge < -0.3 is 9.84 Å². The molecule has 1 aliphatic heterocycles. The summed E-state index contributed by atoms with van der Waals surface area (Å²) in [6.45, 7) is 2.66. The number of ether oxygens (including phenoxy) is 1. The summed E-state index contributed by atoms with van der Waals surface area (Å²) < 4.78 is 5.06. The lowest BCUT2D eigenvalue weighted by Gasteiger charge is -2.05. The van der Waals surface area contributed by atoms with Crippen molar-refractivity contribution in [2.75, 3.05) is 6.61 Å². The maximum atomic E-state index is 10.9. The van der Waals surface area contributed by atoms with E-state index < -0.39 is 11.6 Å². The van der Waals surface area contributed by atoms with Crippen LogP contribution in [-0.2, 0) is 9.53 Å². The molecular formula is C19H34O3. The summed E-state index contributed by atoms with van der Waals surface area (Å²) in [5, 5.41) is 8.97. The van der Waals surface area contributed by atoms with Crippen LogP contribution < -0.4 is 0 Å². The monoisotopic (exact) mass is 310 g/mol. The zero-order valence-electron chi connectivity index (χ0n) is 14.3. The Morgan fingerprint density at radius 1 is 0.955 bits per heavy atom. The minimum atomic E-state index is -0.809. The zero-order valence-corrected chi connectivity index (χ0v) is 14.3. The largest absolute Gasteiger partial charge is 0.479 e. The zero-order chi connectivity index (χ0) is 16.1. The van der Waals surface area contributed by atoms with Gasteiger partial charge in [0.05, 0.1) is 6.61 Å². The first-order chi connectivity index (χ1) is 10.7. The second kappa shape index (κ2) is 11.7. The van der Waals surface area contributed by atoms with E-state index in [0.717, 1.165) is 19.3 Å². The highest BCUT2D eigenvalue weighted by molar-refractivity contribution is 5.80. The number of rotatable bonds is 15. The number of aliphatic carboxylic acids is 1. The fourth-order valence-corrected chi connectivity index (χ4v) is 2.77. The first-order valence-corrected chi connectivity index (χ1v) is 9.23. The Labute approximate surface area is 136 Å². The third-order valence-corrected chi connectivity index (χ3v) is 4.47. The number of unbranched alkanes of at least 4 members (excludes halogenated alkanes) is 10. The van der Waals surface area contributed by atoms with Crippen LogP contribution in [0, 0.1) is 0 Å². The molecule has 0 aromatic rings. The molecule has 1 N–H and O–H groups in total. The van der Waals surface area contributed by atoms with Crippen molar-refractivity contribution in [3.05, 3.63) is 12.2 Å². The highest BCUT2D eigenvalue weighted by Crippen LogP contribution is 2.33. The van der Waals surface area contributed by atoms with Crippen molar-refractivity contribution in [3.8, 4) is 0 Å². The summed E-state index contributed by atoms with van der Waals surface area (Å²) in [6.07, 6.45) is 20.4. The number of hydrogen-bond donors (Lipinski definition) is 1. The van der Waals surface area contributed by atoms with Crippen LogP contribution in [0.2, 0.25) is 0 Å². The van der Waals surface area contributed by atoms with E-state index in [0.29, 0.717) is 13.0 Å². The number of hydrogen-bond acceptors (Lipinski definition) is 2. The standard InChI is InChI=1S/C19H34O3/c1-2-3-4-5-6-7-8-9-10-11-12-13-14-15-16-19(17-22-19)18(20)21/h9-10H,2-8,11-17H2,1H3,(H,20,21). The summed E-state index contributed by atoms with van der Waals surface area (Å²) >= 11 is 0. The molecule has 3 heteroatoms. The fraction of sp³-hybridized carbons (Fsp3) is 0.842. The molecule has 1 rings (SSSR count). The molecule has 1 heterocycles. The third kappa shape index (κ3) is 8.57. The number of allylic oxidation sites excluding steroid dienone is 2. The second-order valence-electron chi connectivity index (χ2n) is 6.57. The minimum absolute atomic E-state index is 0.406. The molecule has 1 aliphatic rings. The predicted molar refractivity (Wildman–Crippen MR) is 91.2 cm³/mol. The van der Waals surface area contributed by atoms with E-state index >= 15 is 0 Å². The van der Waals surface area contributed by atoms with Crippen molar-refractivity contribution >= 4 is 5.97 Å². The van der Waals surface area contributed by atoms with Gasteiger partial charge in [0.15, 0.2) is 5.60 Å². The smallest absolute Gasteiger partial charge is 0.338 e. The van der Waals surface area contributed by atoms with Crippen LogP contribution >= 0.6 is 0 Å². The van der Waals surface area contributed by atoms with E-state index in [-0.39, 0.29) is 0 Å². The summed E-state index contributed by atoms with van der Waals surface area (Å²) in [5.41, 5.74) is -0.809. The average Bonchev–Trinajstić information content (AvgIpc) is 3.29.